The molecule has 2 aliphatic rings. The Kier molecular flexibility index (Phi) is 3.06. The van der Waals surface area contributed by atoms with Crippen molar-refractivity contribution in [3.8, 4) is 0 Å². The van der Waals surface area contributed by atoms with Crippen LogP contribution in [0.5, 0.6) is 0 Å². The molecule has 3 nitrogen and oxygen atoms in total. The van der Waals surface area contributed by atoms with Crippen LogP contribution in [0.2, 0.25) is 0 Å². The Balaban J connectivity index is 1.78. The van der Waals surface area contributed by atoms with Crippen LogP contribution in [0.4, 0.5) is 0 Å². The van der Waals surface area contributed by atoms with Gasteiger partial charge in [0, 0.05) is 12.5 Å². The highest BCUT2D eigenvalue weighted by Crippen LogP contribution is 2.33. The topological polar surface area (TPSA) is 40.5 Å². The van der Waals surface area contributed by atoms with E-state index in [1.807, 2.05) is 0 Å². The lowest BCUT2D eigenvalue weighted by Gasteiger charge is -2.23. The molecule has 0 spiro atoms. The summed E-state index contributed by atoms with van der Waals surface area (Å²) in [5.41, 5.74) is 0. The van der Waals surface area contributed by atoms with E-state index < -0.39 is 5.97 Å². The largest absolute Gasteiger partial charge is 0.481 e. The average molecular weight is 197 g/mol. The SMILES string of the molecule is O=C(O)CC1CCC(N2CCCC2)C1. The first-order valence-corrected chi connectivity index (χ1v) is 5.71. The van der Waals surface area contributed by atoms with Crippen LogP contribution in [0.1, 0.15) is 38.5 Å². The Morgan fingerprint density at radius 2 is 2.00 bits per heavy atom. The summed E-state index contributed by atoms with van der Waals surface area (Å²) in [6.45, 7) is 2.48. The van der Waals surface area contributed by atoms with Gasteiger partial charge in [0.15, 0.2) is 0 Å². The molecule has 2 atom stereocenters. The van der Waals surface area contributed by atoms with Crippen LogP contribution >= 0.6 is 0 Å². The number of hydrogen-bond donors (Lipinski definition) is 1. The summed E-state index contributed by atoms with van der Waals surface area (Å²) in [7, 11) is 0. The second-order valence-electron chi connectivity index (χ2n) is 4.67. The summed E-state index contributed by atoms with van der Waals surface area (Å²) in [6, 6.07) is 0.696. The van der Waals surface area contributed by atoms with Crippen LogP contribution in [-0.2, 0) is 4.79 Å². The van der Waals surface area contributed by atoms with Crippen molar-refractivity contribution in [3.05, 3.63) is 0 Å². The Morgan fingerprint density at radius 3 is 2.64 bits per heavy atom. The smallest absolute Gasteiger partial charge is 0.303 e. The van der Waals surface area contributed by atoms with Gasteiger partial charge in [0.25, 0.3) is 0 Å². The van der Waals surface area contributed by atoms with E-state index in [1.165, 1.54) is 32.4 Å². The number of carbonyl (C=O) groups is 1. The Hall–Kier alpha value is -0.570. The maximum absolute atomic E-state index is 10.6. The molecule has 0 aromatic carbocycles. The predicted molar refractivity (Wildman–Crippen MR) is 54.2 cm³/mol. The van der Waals surface area contributed by atoms with Gasteiger partial charge in [-0.25, -0.2) is 0 Å². The van der Waals surface area contributed by atoms with E-state index in [2.05, 4.69) is 4.90 Å². The summed E-state index contributed by atoms with van der Waals surface area (Å²) >= 11 is 0. The summed E-state index contributed by atoms with van der Waals surface area (Å²) in [5, 5.41) is 8.71. The van der Waals surface area contributed by atoms with E-state index in [1.54, 1.807) is 0 Å². The molecule has 80 valence electrons. The monoisotopic (exact) mass is 197 g/mol. The molecule has 1 aliphatic heterocycles. The zero-order valence-electron chi connectivity index (χ0n) is 8.61. The van der Waals surface area contributed by atoms with Gasteiger partial charge in [-0.3, -0.25) is 4.79 Å². The number of likely N-dealkylation sites (tertiary alicyclic amines) is 1. The molecule has 0 aromatic rings. The van der Waals surface area contributed by atoms with Gasteiger partial charge >= 0.3 is 5.97 Å². The number of rotatable bonds is 3. The minimum absolute atomic E-state index is 0.379. The maximum Gasteiger partial charge on any atom is 0.303 e. The second-order valence-corrected chi connectivity index (χ2v) is 4.67. The highest BCUT2D eigenvalue weighted by atomic mass is 16.4. The predicted octanol–water partition coefficient (Wildman–Crippen LogP) is 1.73. The highest BCUT2D eigenvalue weighted by molar-refractivity contribution is 5.67. The number of carboxylic acid groups (broad SMARTS) is 1. The fourth-order valence-electron chi connectivity index (χ4n) is 2.92. The summed E-state index contributed by atoms with van der Waals surface area (Å²) in [5.74, 6) is -0.185. The van der Waals surface area contributed by atoms with Crippen molar-refractivity contribution in [2.24, 2.45) is 5.92 Å². The van der Waals surface area contributed by atoms with E-state index in [4.69, 9.17) is 5.11 Å². The average Bonchev–Trinajstić information content (AvgIpc) is 2.69. The Labute approximate surface area is 85.1 Å². The first kappa shape index (κ1) is 9.97. The number of aliphatic carboxylic acids is 1. The van der Waals surface area contributed by atoms with Crippen LogP contribution in [-0.4, -0.2) is 35.1 Å². The van der Waals surface area contributed by atoms with Gasteiger partial charge < -0.3 is 10.0 Å². The zero-order chi connectivity index (χ0) is 9.97. The van der Waals surface area contributed by atoms with Crippen molar-refractivity contribution in [3.63, 3.8) is 0 Å². The normalized spacial score (nSPS) is 33.7. The minimum Gasteiger partial charge on any atom is -0.481 e. The molecule has 0 aromatic heterocycles. The van der Waals surface area contributed by atoms with Crippen LogP contribution in [0.15, 0.2) is 0 Å². The van der Waals surface area contributed by atoms with Crippen molar-refractivity contribution in [2.45, 2.75) is 44.6 Å². The molecule has 1 heterocycles. The van der Waals surface area contributed by atoms with Crippen molar-refractivity contribution < 1.29 is 9.90 Å². The fraction of sp³-hybridized carbons (Fsp3) is 0.909. The molecule has 1 saturated carbocycles. The third kappa shape index (κ3) is 2.27. The van der Waals surface area contributed by atoms with Gasteiger partial charge in [-0.1, -0.05) is 0 Å². The Morgan fingerprint density at radius 1 is 1.29 bits per heavy atom. The molecule has 3 heteroatoms. The Bertz CT molecular complexity index is 211. The van der Waals surface area contributed by atoms with E-state index in [9.17, 15) is 4.79 Å². The second kappa shape index (κ2) is 4.30. The standard InChI is InChI=1S/C11H19NO2/c13-11(14)8-9-3-4-10(7-9)12-5-1-2-6-12/h9-10H,1-8H2,(H,13,14). The van der Waals surface area contributed by atoms with Gasteiger partial charge in [0.2, 0.25) is 0 Å². The lowest BCUT2D eigenvalue weighted by molar-refractivity contribution is -0.138. The molecule has 2 rings (SSSR count). The molecule has 14 heavy (non-hydrogen) atoms. The van der Waals surface area contributed by atoms with Crippen molar-refractivity contribution in [2.75, 3.05) is 13.1 Å². The van der Waals surface area contributed by atoms with Gasteiger partial charge in [0.05, 0.1) is 0 Å². The van der Waals surface area contributed by atoms with Gasteiger partial charge in [0.1, 0.15) is 0 Å². The summed E-state index contributed by atoms with van der Waals surface area (Å²) < 4.78 is 0. The molecule has 1 aliphatic carbocycles. The lowest BCUT2D eigenvalue weighted by Crippen LogP contribution is -2.30. The molecule has 0 amide bonds. The van der Waals surface area contributed by atoms with E-state index in [0.29, 0.717) is 18.4 Å². The third-order valence-electron chi connectivity index (χ3n) is 3.63. The van der Waals surface area contributed by atoms with Crippen LogP contribution in [0, 0.1) is 5.92 Å². The minimum atomic E-state index is -0.628. The molecule has 0 radical (unpaired) electrons. The molecular formula is C11H19NO2. The first-order chi connectivity index (χ1) is 6.75. The number of hydrogen-bond acceptors (Lipinski definition) is 2. The van der Waals surface area contributed by atoms with Crippen LogP contribution in [0.3, 0.4) is 0 Å². The van der Waals surface area contributed by atoms with E-state index in [0.717, 1.165) is 12.8 Å². The molecule has 1 N–H and O–H groups in total. The number of carboxylic acids is 1. The van der Waals surface area contributed by atoms with Crippen LogP contribution < -0.4 is 0 Å². The molecular weight excluding hydrogens is 178 g/mol. The summed E-state index contributed by atoms with van der Waals surface area (Å²) in [4.78, 5) is 13.1. The fourth-order valence-corrected chi connectivity index (χ4v) is 2.92. The lowest BCUT2D eigenvalue weighted by atomic mass is 10.0. The van der Waals surface area contributed by atoms with Crippen LogP contribution in [0.25, 0.3) is 0 Å². The summed E-state index contributed by atoms with van der Waals surface area (Å²) in [6.07, 6.45) is 6.50. The highest BCUT2D eigenvalue weighted by Gasteiger charge is 2.31. The van der Waals surface area contributed by atoms with Crippen molar-refractivity contribution >= 4 is 5.97 Å². The van der Waals surface area contributed by atoms with E-state index >= 15 is 0 Å². The quantitative estimate of drug-likeness (QED) is 0.749. The van der Waals surface area contributed by atoms with Crippen molar-refractivity contribution in [1.29, 1.82) is 0 Å². The van der Waals surface area contributed by atoms with Gasteiger partial charge in [-0.05, 0) is 51.1 Å². The third-order valence-corrected chi connectivity index (χ3v) is 3.63. The maximum atomic E-state index is 10.6. The number of nitrogens with zero attached hydrogens (tertiary/aromatic N) is 1. The molecule has 1 saturated heterocycles. The molecule has 2 fully saturated rings. The molecule has 2 unspecified atom stereocenters. The van der Waals surface area contributed by atoms with E-state index in [-0.39, 0.29) is 0 Å². The zero-order valence-corrected chi connectivity index (χ0v) is 8.61. The van der Waals surface area contributed by atoms with Gasteiger partial charge in [-0.15, -0.1) is 0 Å². The van der Waals surface area contributed by atoms with Crippen molar-refractivity contribution in [1.82, 2.24) is 4.90 Å². The van der Waals surface area contributed by atoms with Gasteiger partial charge in [-0.2, -0.15) is 0 Å². The first-order valence-electron chi connectivity index (χ1n) is 5.71. The molecule has 0 bridgehead atoms.